The fourth-order valence-corrected chi connectivity index (χ4v) is 8.90. The van der Waals surface area contributed by atoms with Crippen LogP contribution < -0.4 is 0 Å². The summed E-state index contributed by atoms with van der Waals surface area (Å²) in [6, 6.07) is 0. The Hall–Kier alpha value is -1.45. The van der Waals surface area contributed by atoms with Gasteiger partial charge in [-0.15, -0.1) is 0 Å². The predicted molar refractivity (Wildman–Crippen MR) is 108 cm³/mol. The lowest BCUT2D eigenvalue weighted by Crippen LogP contribution is -2.57. The largest absolute Gasteiger partial charge is 0.390 e. The fraction of sp³-hybridized carbons (Fsp3) is 0.810. The molecule has 0 spiro atoms. The van der Waals surface area contributed by atoms with Gasteiger partial charge in [0.05, 0.1) is 5.60 Å². The normalized spacial score (nSPS) is 36.4. The van der Waals surface area contributed by atoms with Gasteiger partial charge in [0.2, 0.25) is 15.9 Å². The topological polar surface area (TPSA) is 104 Å². The van der Waals surface area contributed by atoms with E-state index in [1.165, 1.54) is 10.7 Å². The standard InChI is InChI=1S/C21H31N3O5S/c1-14-19(15(2)29-22-14)30(27,28)24-5-3-23(4-6-24)18(25)12-20-8-16-7-17(9-20)11-21(26,10-16)13-20/h16-17,26H,3-13H2,1-2H3. The Morgan fingerprint density at radius 2 is 1.77 bits per heavy atom. The third-order valence-electron chi connectivity index (χ3n) is 7.83. The molecule has 166 valence electrons. The molecule has 4 aliphatic carbocycles. The SMILES string of the molecule is Cc1noc(C)c1S(=O)(=O)N1CCN(C(=O)CC23CC4CC(CC(O)(C4)C2)C3)CC1. The summed E-state index contributed by atoms with van der Waals surface area (Å²) in [5, 5.41) is 14.7. The summed E-state index contributed by atoms with van der Waals surface area (Å²) in [6.07, 6.45) is 6.35. The van der Waals surface area contributed by atoms with Crippen molar-refractivity contribution in [2.24, 2.45) is 17.3 Å². The van der Waals surface area contributed by atoms with Crippen molar-refractivity contribution < 1.29 is 22.8 Å². The summed E-state index contributed by atoms with van der Waals surface area (Å²) < 4.78 is 32.5. The van der Waals surface area contributed by atoms with Crippen LogP contribution in [0.4, 0.5) is 0 Å². The van der Waals surface area contributed by atoms with Crippen molar-refractivity contribution in [1.29, 1.82) is 0 Å². The Bertz CT molecular complexity index is 930. The van der Waals surface area contributed by atoms with Crippen LogP contribution in [0, 0.1) is 31.1 Å². The van der Waals surface area contributed by atoms with Crippen LogP contribution in [0.25, 0.3) is 0 Å². The summed E-state index contributed by atoms with van der Waals surface area (Å²) >= 11 is 0. The number of hydrogen-bond donors (Lipinski definition) is 1. The van der Waals surface area contributed by atoms with Crippen LogP contribution >= 0.6 is 0 Å². The van der Waals surface area contributed by atoms with Gasteiger partial charge in [-0.3, -0.25) is 4.79 Å². The summed E-state index contributed by atoms with van der Waals surface area (Å²) in [5.41, 5.74) is -0.257. The van der Waals surface area contributed by atoms with Crippen LogP contribution in [-0.4, -0.2) is 65.6 Å². The first-order valence-corrected chi connectivity index (χ1v) is 12.5. The first-order chi connectivity index (χ1) is 14.1. The lowest BCUT2D eigenvalue weighted by Gasteiger charge is -2.60. The first kappa shape index (κ1) is 20.5. The van der Waals surface area contributed by atoms with Crippen molar-refractivity contribution in [2.45, 2.75) is 69.3 Å². The molecule has 1 saturated heterocycles. The second-order valence-electron chi connectivity index (χ2n) is 10.3. The van der Waals surface area contributed by atoms with E-state index in [-0.39, 0.29) is 29.3 Å². The molecule has 1 aromatic rings. The Balaban J connectivity index is 1.24. The van der Waals surface area contributed by atoms with E-state index in [0.717, 1.165) is 32.1 Å². The molecule has 1 amide bonds. The third-order valence-corrected chi connectivity index (χ3v) is 9.98. The van der Waals surface area contributed by atoms with E-state index >= 15 is 0 Å². The molecule has 2 atom stereocenters. The van der Waals surface area contributed by atoms with Gasteiger partial charge in [-0.2, -0.15) is 4.31 Å². The maximum absolute atomic E-state index is 13.1. The van der Waals surface area contributed by atoms with Crippen LogP contribution in [0.15, 0.2) is 9.42 Å². The van der Waals surface area contributed by atoms with Crippen molar-refractivity contribution in [2.75, 3.05) is 26.2 Å². The van der Waals surface area contributed by atoms with Gasteiger partial charge in [0.1, 0.15) is 10.6 Å². The van der Waals surface area contributed by atoms with E-state index in [4.69, 9.17) is 4.52 Å². The Morgan fingerprint density at radius 1 is 1.13 bits per heavy atom. The average molecular weight is 438 g/mol. The molecular formula is C21H31N3O5S. The molecule has 1 aliphatic heterocycles. The third kappa shape index (κ3) is 3.29. The number of amides is 1. The Morgan fingerprint density at radius 3 is 2.30 bits per heavy atom. The molecule has 2 unspecified atom stereocenters. The van der Waals surface area contributed by atoms with Crippen molar-refractivity contribution >= 4 is 15.9 Å². The zero-order chi connectivity index (χ0) is 21.3. The molecule has 4 bridgehead atoms. The highest BCUT2D eigenvalue weighted by Crippen LogP contribution is 2.62. The molecule has 2 heterocycles. The maximum Gasteiger partial charge on any atom is 0.248 e. The second-order valence-corrected chi connectivity index (χ2v) is 12.2. The number of piperazine rings is 1. The molecule has 5 aliphatic rings. The van der Waals surface area contributed by atoms with Gasteiger partial charge in [-0.1, -0.05) is 5.16 Å². The summed E-state index contributed by atoms with van der Waals surface area (Å²) in [6.45, 7) is 4.58. The fourth-order valence-electron chi connectivity index (χ4n) is 7.19. The second kappa shape index (κ2) is 6.77. The van der Waals surface area contributed by atoms with Gasteiger partial charge < -0.3 is 14.5 Å². The Kier molecular flexibility index (Phi) is 4.62. The highest BCUT2D eigenvalue weighted by Gasteiger charge is 2.57. The van der Waals surface area contributed by atoms with Gasteiger partial charge in [0, 0.05) is 32.6 Å². The number of hydrogen-bond acceptors (Lipinski definition) is 6. The van der Waals surface area contributed by atoms with Crippen molar-refractivity contribution in [3.8, 4) is 0 Å². The minimum atomic E-state index is -3.67. The quantitative estimate of drug-likeness (QED) is 0.771. The van der Waals surface area contributed by atoms with Crippen LogP contribution in [0.5, 0.6) is 0 Å². The number of aromatic nitrogens is 1. The molecule has 4 saturated carbocycles. The van der Waals surface area contributed by atoms with Crippen LogP contribution in [0.1, 0.15) is 56.4 Å². The first-order valence-electron chi connectivity index (χ1n) is 11.0. The number of aliphatic hydroxyl groups is 1. The highest BCUT2D eigenvalue weighted by molar-refractivity contribution is 7.89. The van der Waals surface area contributed by atoms with Gasteiger partial charge >= 0.3 is 0 Å². The zero-order valence-electron chi connectivity index (χ0n) is 17.8. The van der Waals surface area contributed by atoms with Gasteiger partial charge in [-0.05, 0) is 69.6 Å². The number of nitrogens with zero attached hydrogens (tertiary/aromatic N) is 3. The number of sulfonamides is 1. The van der Waals surface area contributed by atoms with Gasteiger partial charge in [0.25, 0.3) is 0 Å². The van der Waals surface area contributed by atoms with Crippen molar-refractivity contribution in [1.82, 2.24) is 14.4 Å². The summed E-state index contributed by atoms with van der Waals surface area (Å²) in [5.74, 6) is 1.52. The predicted octanol–water partition coefficient (Wildman–Crippen LogP) is 1.85. The molecule has 5 fully saturated rings. The van der Waals surface area contributed by atoms with Crippen molar-refractivity contribution in [3.05, 3.63) is 11.5 Å². The molecule has 0 aromatic carbocycles. The van der Waals surface area contributed by atoms with E-state index in [1.54, 1.807) is 13.8 Å². The molecule has 30 heavy (non-hydrogen) atoms. The number of aryl methyl sites for hydroxylation is 2. The molecule has 9 heteroatoms. The lowest BCUT2D eigenvalue weighted by molar-refractivity contribution is -0.172. The number of rotatable bonds is 4. The summed E-state index contributed by atoms with van der Waals surface area (Å²) in [4.78, 5) is 15.1. The lowest BCUT2D eigenvalue weighted by atomic mass is 9.47. The van der Waals surface area contributed by atoms with E-state index in [2.05, 4.69) is 5.16 Å². The molecular weight excluding hydrogens is 406 g/mol. The highest BCUT2D eigenvalue weighted by atomic mass is 32.2. The molecule has 0 radical (unpaired) electrons. The number of carbonyl (C=O) groups excluding carboxylic acids is 1. The van der Waals surface area contributed by atoms with Gasteiger partial charge in [0.15, 0.2) is 5.76 Å². The average Bonchev–Trinajstić information content (AvgIpc) is 2.98. The van der Waals surface area contributed by atoms with Crippen LogP contribution in [-0.2, 0) is 14.8 Å². The minimum absolute atomic E-state index is 0.0597. The van der Waals surface area contributed by atoms with Gasteiger partial charge in [-0.25, -0.2) is 8.42 Å². The number of carbonyl (C=O) groups is 1. The van der Waals surface area contributed by atoms with Crippen molar-refractivity contribution in [3.63, 3.8) is 0 Å². The molecule has 1 N–H and O–H groups in total. The van der Waals surface area contributed by atoms with E-state index in [9.17, 15) is 18.3 Å². The molecule has 6 rings (SSSR count). The van der Waals surface area contributed by atoms with Crippen LogP contribution in [0.3, 0.4) is 0 Å². The summed E-state index contributed by atoms with van der Waals surface area (Å²) in [7, 11) is -3.67. The van der Waals surface area contributed by atoms with E-state index in [0.29, 0.717) is 42.8 Å². The van der Waals surface area contributed by atoms with Crippen LogP contribution in [0.2, 0.25) is 0 Å². The van der Waals surface area contributed by atoms with E-state index in [1.807, 2.05) is 4.90 Å². The maximum atomic E-state index is 13.1. The monoisotopic (exact) mass is 437 g/mol. The molecule has 1 aromatic heterocycles. The zero-order valence-corrected chi connectivity index (χ0v) is 18.6. The van der Waals surface area contributed by atoms with E-state index < -0.39 is 15.6 Å². The smallest absolute Gasteiger partial charge is 0.248 e. The Labute approximate surface area is 177 Å². The minimum Gasteiger partial charge on any atom is -0.390 e. The molecule has 8 nitrogen and oxygen atoms in total.